The second kappa shape index (κ2) is 6.23. The second-order valence-corrected chi connectivity index (χ2v) is 5.54. The standard InChI is InChI=1S/C17H25N3/c1-6-18-17(16-11-19-20(5)14(16)4)10-15-8-7-12(2)13(3)9-15/h7-9,11,17-18H,6,10H2,1-5H3. The Bertz CT molecular complexity index is 584. The van der Waals surface area contributed by atoms with Crippen LogP contribution in [0.3, 0.4) is 0 Å². The monoisotopic (exact) mass is 271 g/mol. The zero-order chi connectivity index (χ0) is 14.7. The Labute approximate surface area is 122 Å². The van der Waals surface area contributed by atoms with Gasteiger partial charge in [0.2, 0.25) is 0 Å². The van der Waals surface area contributed by atoms with E-state index in [0.717, 1.165) is 13.0 Å². The van der Waals surface area contributed by atoms with Crippen molar-refractivity contribution in [1.29, 1.82) is 0 Å². The molecule has 0 saturated heterocycles. The summed E-state index contributed by atoms with van der Waals surface area (Å²) in [5.74, 6) is 0. The van der Waals surface area contributed by atoms with Crippen LogP contribution in [-0.2, 0) is 13.5 Å². The van der Waals surface area contributed by atoms with Crippen molar-refractivity contribution in [1.82, 2.24) is 15.1 Å². The maximum absolute atomic E-state index is 4.37. The lowest BCUT2D eigenvalue weighted by molar-refractivity contribution is 0.546. The first kappa shape index (κ1) is 14.8. The minimum Gasteiger partial charge on any atom is -0.310 e. The van der Waals surface area contributed by atoms with Gasteiger partial charge in [0, 0.05) is 24.3 Å². The zero-order valence-corrected chi connectivity index (χ0v) is 13.2. The molecule has 0 radical (unpaired) electrons. The number of hydrogen-bond donors (Lipinski definition) is 1. The largest absolute Gasteiger partial charge is 0.310 e. The van der Waals surface area contributed by atoms with Gasteiger partial charge in [-0.15, -0.1) is 0 Å². The van der Waals surface area contributed by atoms with Gasteiger partial charge in [0.05, 0.1) is 6.20 Å². The molecule has 2 aromatic rings. The van der Waals surface area contributed by atoms with Crippen molar-refractivity contribution in [2.45, 2.75) is 40.2 Å². The first-order valence-corrected chi connectivity index (χ1v) is 7.31. The number of aromatic nitrogens is 2. The molecule has 1 aromatic carbocycles. The molecule has 1 aromatic heterocycles. The van der Waals surface area contributed by atoms with Crippen molar-refractivity contribution < 1.29 is 0 Å². The van der Waals surface area contributed by atoms with Gasteiger partial charge in [0.1, 0.15) is 0 Å². The van der Waals surface area contributed by atoms with E-state index in [-0.39, 0.29) is 0 Å². The topological polar surface area (TPSA) is 29.9 Å². The molecule has 0 saturated carbocycles. The van der Waals surface area contributed by atoms with Crippen LogP contribution in [0.25, 0.3) is 0 Å². The lowest BCUT2D eigenvalue weighted by atomic mass is 9.97. The van der Waals surface area contributed by atoms with Crippen LogP contribution < -0.4 is 5.32 Å². The third-order valence-electron chi connectivity index (χ3n) is 4.11. The van der Waals surface area contributed by atoms with E-state index < -0.39 is 0 Å². The van der Waals surface area contributed by atoms with Gasteiger partial charge in [-0.05, 0) is 50.4 Å². The molecule has 0 aliphatic heterocycles. The zero-order valence-electron chi connectivity index (χ0n) is 13.2. The maximum atomic E-state index is 4.37. The highest BCUT2D eigenvalue weighted by Crippen LogP contribution is 2.22. The SMILES string of the molecule is CCNC(Cc1ccc(C)c(C)c1)c1cnn(C)c1C. The van der Waals surface area contributed by atoms with E-state index in [2.05, 4.69) is 56.3 Å². The van der Waals surface area contributed by atoms with E-state index >= 15 is 0 Å². The van der Waals surface area contributed by atoms with Crippen LogP contribution in [0.2, 0.25) is 0 Å². The van der Waals surface area contributed by atoms with Crippen LogP contribution in [0.15, 0.2) is 24.4 Å². The minimum atomic E-state index is 0.329. The van der Waals surface area contributed by atoms with Crippen molar-refractivity contribution in [3.63, 3.8) is 0 Å². The highest BCUT2D eigenvalue weighted by molar-refractivity contribution is 5.32. The molecule has 1 atom stereocenters. The third-order valence-corrected chi connectivity index (χ3v) is 4.11. The summed E-state index contributed by atoms with van der Waals surface area (Å²) >= 11 is 0. The van der Waals surface area contributed by atoms with Crippen LogP contribution in [0.4, 0.5) is 0 Å². The van der Waals surface area contributed by atoms with Gasteiger partial charge in [0.25, 0.3) is 0 Å². The molecule has 0 aliphatic rings. The number of nitrogens with zero attached hydrogens (tertiary/aromatic N) is 2. The molecular formula is C17H25N3. The summed E-state index contributed by atoms with van der Waals surface area (Å²) in [6.07, 6.45) is 2.99. The Morgan fingerprint density at radius 1 is 1.20 bits per heavy atom. The van der Waals surface area contributed by atoms with E-state index in [1.165, 1.54) is 27.9 Å². The van der Waals surface area contributed by atoms with E-state index in [1.807, 2.05) is 17.9 Å². The number of likely N-dealkylation sites (N-methyl/N-ethyl adjacent to an activating group) is 1. The normalized spacial score (nSPS) is 12.7. The minimum absolute atomic E-state index is 0.329. The van der Waals surface area contributed by atoms with Crippen LogP contribution in [0.5, 0.6) is 0 Å². The van der Waals surface area contributed by atoms with E-state index in [0.29, 0.717) is 6.04 Å². The fourth-order valence-electron chi connectivity index (χ4n) is 2.56. The van der Waals surface area contributed by atoms with Crippen LogP contribution in [0.1, 0.15) is 40.9 Å². The van der Waals surface area contributed by atoms with Gasteiger partial charge >= 0.3 is 0 Å². The lowest BCUT2D eigenvalue weighted by Gasteiger charge is -2.18. The summed E-state index contributed by atoms with van der Waals surface area (Å²) in [7, 11) is 2.00. The van der Waals surface area contributed by atoms with Crippen molar-refractivity contribution in [3.05, 3.63) is 52.3 Å². The number of aryl methyl sites for hydroxylation is 3. The van der Waals surface area contributed by atoms with Crippen molar-refractivity contribution in [2.24, 2.45) is 7.05 Å². The van der Waals surface area contributed by atoms with Gasteiger partial charge in [0.15, 0.2) is 0 Å². The van der Waals surface area contributed by atoms with E-state index in [9.17, 15) is 0 Å². The number of nitrogens with one attached hydrogen (secondary N) is 1. The number of hydrogen-bond acceptors (Lipinski definition) is 2. The quantitative estimate of drug-likeness (QED) is 0.904. The van der Waals surface area contributed by atoms with Gasteiger partial charge in [-0.2, -0.15) is 5.10 Å². The molecule has 0 fully saturated rings. The molecule has 3 nitrogen and oxygen atoms in total. The molecule has 3 heteroatoms. The molecule has 1 N–H and O–H groups in total. The fourth-order valence-corrected chi connectivity index (χ4v) is 2.56. The summed E-state index contributed by atoms with van der Waals surface area (Å²) in [6, 6.07) is 7.07. The highest BCUT2D eigenvalue weighted by Gasteiger charge is 2.16. The van der Waals surface area contributed by atoms with Crippen molar-refractivity contribution >= 4 is 0 Å². The first-order valence-electron chi connectivity index (χ1n) is 7.31. The Hall–Kier alpha value is -1.61. The van der Waals surface area contributed by atoms with Crippen molar-refractivity contribution in [3.8, 4) is 0 Å². The summed E-state index contributed by atoms with van der Waals surface area (Å²) in [4.78, 5) is 0. The summed E-state index contributed by atoms with van der Waals surface area (Å²) in [6.45, 7) is 9.58. The first-order chi connectivity index (χ1) is 9.52. The second-order valence-electron chi connectivity index (χ2n) is 5.54. The van der Waals surface area contributed by atoms with Crippen LogP contribution in [0, 0.1) is 20.8 Å². The Kier molecular flexibility index (Phi) is 4.61. The molecule has 2 rings (SSSR count). The maximum Gasteiger partial charge on any atom is 0.0540 e. The molecule has 1 unspecified atom stereocenters. The van der Waals surface area contributed by atoms with Gasteiger partial charge in [-0.1, -0.05) is 25.1 Å². The average molecular weight is 271 g/mol. The van der Waals surface area contributed by atoms with Crippen LogP contribution >= 0.6 is 0 Å². The smallest absolute Gasteiger partial charge is 0.0540 e. The van der Waals surface area contributed by atoms with Gasteiger partial charge in [-0.25, -0.2) is 0 Å². The van der Waals surface area contributed by atoms with Gasteiger partial charge < -0.3 is 5.32 Å². The van der Waals surface area contributed by atoms with E-state index in [4.69, 9.17) is 0 Å². The predicted molar refractivity (Wildman–Crippen MR) is 84.0 cm³/mol. The molecule has 20 heavy (non-hydrogen) atoms. The molecule has 0 bridgehead atoms. The molecule has 1 heterocycles. The molecule has 0 amide bonds. The summed E-state index contributed by atoms with van der Waals surface area (Å²) < 4.78 is 1.94. The lowest BCUT2D eigenvalue weighted by Crippen LogP contribution is -2.23. The Balaban J connectivity index is 2.25. The fraction of sp³-hybridized carbons (Fsp3) is 0.471. The average Bonchev–Trinajstić information content (AvgIpc) is 2.74. The number of benzene rings is 1. The van der Waals surface area contributed by atoms with Gasteiger partial charge in [-0.3, -0.25) is 4.68 Å². The predicted octanol–water partition coefficient (Wildman–Crippen LogP) is 3.24. The highest BCUT2D eigenvalue weighted by atomic mass is 15.3. The third kappa shape index (κ3) is 3.10. The molecule has 108 valence electrons. The van der Waals surface area contributed by atoms with E-state index in [1.54, 1.807) is 0 Å². The Morgan fingerprint density at radius 2 is 1.95 bits per heavy atom. The molecular weight excluding hydrogens is 246 g/mol. The van der Waals surface area contributed by atoms with Crippen molar-refractivity contribution in [2.75, 3.05) is 6.54 Å². The summed E-state index contributed by atoms with van der Waals surface area (Å²) in [5.41, 5.74) is 6.63. The molecule has 0 aliphatic carbocycles. The number of rotatable bonds is 5. The molecule has 0 spiro atoms. The van der Waals surface area contributed by atoms with Crippen LogP contribution in [-0.4, -0.2) is 16.3 Å². The Morgan fingerprint density at radius 3 is 2.50 bits per heavy atom. The summed E-state index contributed by atoms with van der Waals surface area (Å²) in [5, 5.41) is 7.95.